The van der Waals surface area contributed by atoms with E-state index in [0.29, 0.717) is 30.7 Å². The molecular formula is C30H32F3NO5. The molecule has 0 aliphatic heterocycles. The molecule has 1 heterocycles. The van der Waals surface area contributed by atoms with Crippen molar-refractivity contribution in [2.75, 3.05) is 20.3 Å². The summed E-state index contributed by atoms with van der Waals surface area (Å²) in [4.78, 5) is 12.1. The Balaban J connectivity index is 1.96. The molecule has 208 valence electrons. The fraction of sp³-hybridized carbons (Fsp3) is 0.300. The van der Waals surface area contributed by atoms with E-state index >= 15 is 0 Å². The first-order valence-electron chi connectivity index (χ1n) is 12.3. The molecule has 0 saturated heterocycles. The van der Waals surface area contributed by atoms with Gasteiger partial charge in [-0.3, -0.25) is 0 Å². The third-order valence-corrected chi connectivity index (χ3v) is 5.90. The molecule has 0 fully saturated rings. The number of methoxy groups -OCH3 is 1. The number of ether oxygens (including phenoxy) is 4. The molecule has 0 N–H and O–H groups in total. The van der Waals surface area contributed by atoms with E-state index in [9.17, 15) is 18.0 Å². The van der Waals surface area contributed by atoms with E-state index in [4.69, 9.17) is 14.2 Å². The predicted octanol–water partition coefficient (Wildman–Crippen LogP) is 6.69. The van der Waals surface area contributed by atoms with Gasteiger partial charge in [0.1, 0.15) is 18.1 Å². The second-order valence-corrected chi connectivity index (χ2v) is 8.90. The van der Waals surface area contributed by atoms with Gasteiger partial charge in [0, 0.05) is 30.3 Å². The first-order valence-corrected chi connectivity index (χ1v) is 12.3. The number of carbonyl (C=O) groups is 1. The number of allylic oxidation sites excluding steroid dienone is 2. The minimum absolute atomic E-state index is 0.0878. The van der Waals surface area contributed by atoms with Crippen LogP contribution >= 0.6 is 0 Å². The van der Waals surface area contributed by atoms with Gasteiger partial charge < -0.3 is 23.5 Å². The average Bonchev–Trinajstić information content (AvgIpc) is 3.12. The van der Waals surface area contributed by atoms with Crippen molar-refractivity contribution < 1.29 is 36.9 Å². The lowest BCUT2D eigenvalue weighted by molar-refractivity contribution is -0.274. The number of benzene rings is 2. The Morgan fingerprint density at radius 3 is 2.59 bits per heavy atom. The van der Waals surface area contributed by atoms with Gasteiger partial charge in [-0.2, -0.15) is 0 Å². The minimum Gasteiger partial charge on any atom is -0.479 e. The van der Waals surface area contributed by atoms with Crippen molar-refractivity contribution in [3.8, 4) is 11.5 Å². The number of carbonyl (C=O) groups excluding carboxylic acids is 1. The average molecular weight is 544 g/mol. The zero-order valence-corrected chi connectivity index (χ0v) is 22.2. The number of rotatable bonds is 13. The molecule has 1 atom stereocenters. The van der Waals surface area contributed by atoms with Crippen LogP contribution in [0.2, 0.25) is 0 Å². The molecule has 2 aromatic carbocycles. The highest BCUT2D eigenvalue weighted by atomic mass is 19.4. The van der Waals surface area contributed by atoms with Gasteiger partial charge in [-0.05, 0) is 67.3 Å². The summed E-state index contributed by atoms with van der Waals surface area (Å²) in [6.07, 6.45) is -0.0511. The maximum Gasteiger partial charge on any atom is 0.573 e. The minimum atomic E-state index is -4.80. The molecular weight excluding hydrogens is 511 g/mol. The van der Waals surface area contributed by atoms with Crippen molar-refractivity contribution in [1.29, 1.82) is 0 Å². The topological polar surface area (TPSA) is 58.9 Å². The maximum atomic E-state index is 13.0. The van der Waals surface area contributed by atoms with Crippen molar-refractivity contribution in [1.82, 2.24) is 4.57 Å². The fourth-order valence-electron chi connectivity index (χ4n) is 4.17. The summed E-state index contributed by atoms with van der Waals surface area (Å²) in [7, 11) is 1.60. The smallest absolute Gasteiger partial charge is 0.479 e. The van der Waals surface area contributed by atoms with E-state index in [1.807, 2.05) is 29.7 Å². The van der Waals surface area contributed by atoms with E-state index in [1.165, 1.54) is 18.2 Å². The van der Waals surface area contributed by atoms with Gasteiger partial charge in [-0.1, -0.05) is 43.5 Å². The summed E-state index contributed by atoms with van der Waals surface area (Å²) >= 11 is 0. The van der Waals surface area contributed by atoms with Crippen LogP contribution in [0.3, 0.4) is 0 Å². The van der Waals surface area contributed by atoms with E-state index < -0.39 is 18.4 Å². The number of fused-ring (bicyclic) bond motifs is 1. The number of aromatic nitrogens is 1. The van der Waals surface area contributed by atoms with Gasteiger partial charge in [0.25, 0.3) is 0 Å². The van der Waals surface area contributed by atoms with Crippen LogP contribution in [-0.4, -0.2) is 43.3 Å². The Bertz CT molecular complexity index is 1360. The summed E-state index contributed by atoms with van der Waals surface area (Å²) in [5.41, 5.74) is 4.12. The van der Waals surface area contributed by atoms with Crippen LogP contribution in [0.25, 0.3) is 10.9 Å². The fourth-order valence-corrected chi connectivity index (χ4v) is 4.17. The SMILES string of the molecule is C=CCOC(=O)C(C)Oc1cccc(Cc2c(C)n(CC(=C)/C=C\COC)c3ccc(OC(F)(F)F)cc23)c1. The summed E-state index contributed by atoms with van der Waals surface area (Å²) in [5.74, 6) is -0.345. The van der Waals surface area contributed by atoms with Crippen molar-refractivity contribution >= 4 is 16.9 Å². The second-order valence-electron chi connectivity index (χ2n) is 8.90. The van der Waals surface area contributed by atoms with Crippen molar-refractivity contribution in [2.24, 2.45) is 0 Å². The quantitative estimate of drug-likeness (QED) is 0.137. The van der Waals surface area contributed by atoms with Gasteiger partial charge in [-0.25, -0.2) is 4.79 Å². The molecule has 0 bridgehead atoms. The van der Waals surface area contributed by atoms with Crippen LogP contribution in [0.4, 0.5) is 13.2 Å². The summed E-state index contributed by atoms with van der Waals surface area (Å²) in [6.45, 7) is 12.1. The second kappa shape index (κ2) is 13.2. The van der Waals surface area contributed by atoms with Crippen LogP contribution < -0.4 is 9.47 Å². The summed E-state index contributed by atoms with van der Waals surface area (Å²) in [6, 6.07) is 11.5. The van der Waals surface area contributed by atoms with Crippen molar-refractivity contribution in [3.05, 3.63) is 96.2 Å². The van der Waals surface area contributed by atoms with Gasteiger partial charge in [-0.15, -0.1) is 13.2 Å². The summed E-state index contributed by atoms with van der Waals surface area (Å²) in [5, 5.41) is 0.635. The Kier molecular flexibility index (Phi) is 10.0. The highest BCUT2D eigenvalue weighted by molar-refractivity contribution is 5.87. The lowest BCUT2D eigenvalue weighted by Crippen LogP contribution is -2.26. The van der Waals surface area contributed by atoms with Crippen molar-refractivity contribution in [2.45, 2.75) is 39.3 Å². The normalized spacial score (nSPS) is 12.5. The van der Waals surface area contributed by atoms with Crippen molar-refractivity contribution in [3.63, 3.8) is 0 Å². The van der Waals surface area contributed by atoms with E-state index in [2.05, 4.69) is 17.9 Å². The monoisotopic (exact) mass is 543 g/mol. The van der Waals surface area contributed by atoms with Gasteiger partial charge >= 0.3 is 12.3 Å². The first-order chi connectivity index (χ1) is 18.5. The highest BCUT2D eigenvalue weighted by Crippen LogP contribution is 2.34. The third kappa shape index (κ3) is 8.25. The molecule has 0 amide bonds. The van der Waals surface area contributed by atoms with Crippen LogP contribution in [0.15, 0.2) is 79.4 Å². The molecule has 1 aromatic heterocycles. The molecule has 3 aromatic rings. The number of hydrogen-bond donors (Lipinski definition) is 0. The van der Waals surface area contributed by atoms with Crippen LogP contribution in [0.1, 0.15) is 23.7 Å². The molecule has 0 radical (unpaired) electrons. The van der Waals surface area contributed by atoms with E-state index in [0.717, 1.165) is 27.9 Å². The number of halogens is 3. The lowest BCUT2D eigenvalue weighted by Gasteiger charge is -2.14. The van der Waals surface area contributed by atoms with Crippen LogP contribution in [0.5, 0.6) is 11.5 Å². The van der Waals surface area contributed by atoms with Crippen LogP contribution in [-0.2, 0) is 27.2 Å². The Hall–Kier alpha value is -3.98. The van der Waals surface area contributed by atoms with Gasteiger partial charge in [0.05, 0.1) is 6.61 Å². The van der Waals surface area contributed by atoms with Gasteiger partial charge in [0.2, 0.25) is 0 Å². The number of esters is 1. The molecule has 9 heteroatoms. The van der Waals surface area contributed by atoms with Crippen LogP contribution in [0, 0.1) is 6.92 Å². The lowest BCUT2D eigenvalue weighted by atomic mass is 10.0. The van der Waals surface area contributed by atoms with Gasteiger partial charge in [0.15, 0.2) is 6.10 Å². The first kappa shape index (κ1) is 29.6. The molecule has 6 nitrogen and oxygen atoms in total. The molecule has 0 aliphatic carbocycles. The Labute approximate surface area is 225 Å². The molecule has 0 spiro atoms. The molecule has 1 unspecified atom stereocenters. The zero-order valence-electron chi connectivity index (χ0n) is 22.2. The highest BCUT2D eigenvalue weighted by Gasteiger charge is 2.31. The largest absolute Gasteiger partial charge is 0.573 e. The molecule has 0 saturated carbocycles. The standard InChI is InChI=1S/C30H32F3NO5/c1-6-14-37-29(35)22(4)38-24-11-7-10-23(16-24)17-26-21(3)34(19-20(2)9-8-15-36-5)28-13-12-25(18-27(26)28)39-30(31,32)33/h6-13,16,18,22H,1-2,14-15,17,19H2,3-5H3/b9-8-. The molecule has 39 heavy (non-hydrogen) atoms. The zero-order chi connectivity index (χ0) is 28.6. The maximum absolute atomic E-state index is 13.0. The molecule has 0 aliphatic rings. The number of hydrogen-bond acceptors (Lipinski definition) is 5. The molecule has 3 rings (SSSR count). The van der Waals surface area contributed by atoms with E-state index in [-0.39, 0.29) is 12.4 Å². The number of alkyl halides is 3. The number of nitrogens with zero attached hydrogens (tertiary/aromatic N) is 1. The summed E-state index contributed by atoms with van der Waals surface area (Å²) < 4.78 is 60.9. The Morgan fingerprint density at radius 2 is 1.90 bits per heavy atom. The van der Waals surface area contributed by atoms with E-state index in [1.54, 1.807) is 38.3 Å². The Morgan fingerprint density at radius 1 is 1.13 bits per heavy atom. The predicted molar refractivity (Wildman–Crippen MR) is 144 cm³/mol. The third-order valence-electron chi connectivity index (χ3n) is 5.90.